The first-order valence-corrected chi connectivity index (χ1v) is 19.8. The van der Waals surface area contributed by atoms with Gasteiger partial charge in [0.25, 0.3) is 0 Å². The molecule has 10 nitrogen and oxygen atoms in total. The van der Waals surface area contributed by atoms with Gasteiger partial charge in [-0.3, -0.25) is 0 Å². The summed E-state index contributed by atoms with van der Waals surface area (Å²) >= 11 is 0. The van der Waals surface area contributed by atoms with E-state index in [1.54, 1.807) is 6.07 Å². The number of rotatable bonds is 9. The van der Waals surface area contributed by atoms with Crippen LogP contribution < -0.4 is 14.2 Å². The van der Waals surface area contributed by atoms with Crippen LogP contribution in [0.15, 0.2) is 72.8 Å². The summed E-state index contributed by atoms with van der Waals surface area (Å²) in [7, 11) is 0. The number of carboxylic acids is 3. The van der Waals surface area contributed by atoms with Crippen LogP contribution in [0.5, 0.6) is 23.0 Å². The van der Waals surface area contributed by atoms with Crippen molar-refractivity contribution >= 4 is 17.9 Å². The van der Waals surface area contributed by atoms with Gasteiger partial charge in [0, 0.05) is 0 Å². The Kier molecular flexibility index (Phi) is 9.38. The van der Waals surface area contributed by atoms with E-state index >= 15 is 0 Å². The molecule has 60 heavy (non-hydrogen) atoms. The molecular weight excluding hydrogens is 761 g/mol. The molecule has 0 spiro atoms. The van der Waals surface area contributed by atoms with E-state index in [-0.39, 0.29) is 19.8 Å². The van der Waals surface area contributed by atoms with Crippen molar-refractivity contribution in [1.82, 2.24) is 0 Å². The fourth-order valence-corrected chi connectivity index (χ4v) is 9.65. The van der Waals surface area contributed by atoms with Gasteiger partial charge in [-0.2, -0.15) is 0 Å². The number of hydrogen-bond acceptors (Lipinski definition) is 7. The highest BCUT2D eigenvalue weighted by atomic mass is 16.5. The Morgan fingerprint density at radius 2 is 0.700 bits per heavy atom. The maximum atomic E-state index is 10.8. The lowest BCUT2D eigenvalue weighted by molar-refractivity contribution is -0.140. The van der Waals surface area contributed by atoms with Gasteiger partial charge < -0.3 is 34.6 Å². The van der Waals surface area contributed by atoms with Crippen molar-refractivity contribution in [3.63, 3.8) is 0 Å². The molecule has 0 saturated heterocycles. The molecule has 0 amide bonds. The average molecular weight is 803 g/mol. The van der Waals surface area contributed by atoms with Crippen molar-refractivity contribution in [2.45, 2.75) is 53.4 Å². The summed E-state index contributed by atoms with van der Waals surface area (Å²) < 4.78 is 16.2. The number of aromatic hydroxyl groups is 1. The summed E-state index contributed by atoms with van der Waals surface area (Å²) in [4.78, 5) is 32.5. The van der Waals surface area contributed by atoms with E-state index in [0.29, 0.717) is 23.0 Å². The second-order valence-corrected chi connectivity index (χ2v) is 16.0. The molecule has 4 aliphatic rings. The summed E-state index contributed by atoms with van der Waals surface area (Å²) in [5, 5.41) is 36.6. The van der Waals surface area contributed by atoms with E-state index in [0.717, 1.165) is 47.9 Å². The molecule has 0 atom stereocenters. The van der Waals surface area contributed by atoms with Crippen LogP contribution in [0.3, 0.4) is 0 Å². The van der Waals surface area contributed by atoms with E-state index < -0.39 is 17.9 Å². The average Bonchev–Trinajstić information content (AvgIpc) is 3.99. The van der Waals surface area contributed by atoms with Gasteiger partial charge in [0.15, 0.2) is 19.8 Å². The van der Waals surface area contributed by atoms with Crippen LogP contribution >= 0.6 is 0 Å². The maximum Gasteiger partial charge on any atom is 0.341 e. The van der Waals surface area contributed by atoms with E-state index in [9.17, 15) is 19.5 Å². The quantitative estimate of drug-likeness (QED) is 0.111. The number of phenolic OH excluding ortho intramolecular Hbond substituents is 1. The van der Waals surface area contributed by atoms with Gasteiger partial charge in [0.1, 0.15) is 23.0 Å². The minimum Gasteiger partial charge on any atom is -0.508 e. The number of ether oxygens (including phenoxy) is 3. The molecule has 0 bridgehead atoms. The van der Waals surface area contributed by atoms with Gasteiger partial charge in [0.2, 0.25) is 0 Å². The van der Waals surface area contributed by atoms with Crippen LogP contribution in [0.1, 0.15) is 66.8 Å². The SMILES string of the molecule is Cc1c(C)c2c(c3c1Cc1cc(O)ccc1-3)-c1ccc(OCC(=O)O)cc1C2.Cc1c(C)c2c(c3c1Cc1cc(OCC(=O)O)ccc1-3)-c1ccc(OCC(=O)O)cc1C2. The molecule has 4 N–H and O–H groups in total. The summed E-state index contributed by atoms with van der Waals surface area (Å²) in [6, 6.07) is 23.1. The molecule has 0 saturated carbocycles. The molecule has 6 aromatic rings. The lowest BCUT2D eigenvalue weighted by atomic mass is 9.87. The Morgan fingerprint density at radius 1 is 0.433 bits per heavy atom. The van der Waals surface area contributed by atoms with Gasteiger partial charge in [0.05, 0.1) is 0 Å². The second kappa shape index (κ2) is 14.6. The lowest BCUT2D eigenvalue weighted by Crippen LogP contribution is -2.09. The van der Waals surface area contributed by atoms with Crippen molar-refractivity contribution in [2.24, 2.45) is 0 Å². The number of benzene rings is 6. The monoisotopic (exact) mass is 802 g/mol. The third-order valence-corrected chi connectivity index (χ3v) is 12.6. The summed E-state index contributed by atoms with van der Waals surface area (Å²) in [6.07, 6.45) is 3.23. The number of carboxylic acid groups (broad SMARTS) is 3. The Labute approximate surface area is 346 Å². The van der Waals surface area contributed by atoms with Crippen LogP contribution in [0.4, 0.5) is 0 Å². The number of carbonyl (C=O) groups is 3. The Hall–Kier alpha value is -7.07. The number of fused-ring (bicyclic) bond motifs is 14. The number of aliphatic carboxylic acids is 3. The largest absolute Gasteiger partial charge is 0.508 e. The lowest BCUT2D eigenvalue weighted by Gasteiger charge is -2.16. The number of hydrogen-bond donors (Lipinski definition) is 4. The van der Waals surface area contributed by atoms with Crippen molar-refractivity contribution in [1.29, 1.82) is 0 Å². The second-order valence-electron chi connectivity index (χ2n) is 16.0. The van der Waals surface area contributed by atoms with E-state index in [4.69, 9.17) is 29.5 Å². The molecule has 10 heteroatoms. The predicted octanol–water partition coefficient (Wildman–Crippen LogP) is 8.99. The van der Waals surface area contributed by atoms with Gasteiger partial charge in [-0.1, -0.05) is 24.3 Å². The van der Waals surface area contributed by atoms with Crippen LogP contribution in [0.2, 0.25) is 0 Å². The summed E-state index contributed by atoms with van der Waals surface area (Å²) in [5.41, 5.74) is 24.8. The first kappa shape index (κ1) is 38.4. The highest BCUT2D eigenvalue weighted by molar-refractivity contribution is 5.98. The van der Waals surface area contributed by atoms with E-state index in [1.165, 1.54) is 89.0 Å². The maximum absolute atomic E-state index is 10.8. The normalized spacial score (nSPS) is 12.7. The van der Waals surface area contributed by atoms with Gasteiger partial charge >= 0.3 is 17.9 Å². The van der Waals surface area contributed by atoms with Crippen molar-refractivity contribution in [3.05, 3.63) is 140 Å². The van der Waals surface area contributed by atoms with Crippen molar-refractivity contribution in [2.75, 3.05) is 19.8 Å². The van der Waals surface area contributed by atoms with E-state index in [1.807, 2.05) is 66.7 Å². The Morgan fingerprint density at radius 3 is 0.983 bits per heavy atom. The van der Waals surface area contributed by atoms with Gasteiger partial charge in [-0.05, 0) is 213 Å². The highest BCUT2D eigenvalue weighted by Crippen LogP contribution is 2.54. The molecule has 0 heterocycles. The highest BCUT2D eigenvalue weighted by Gasteiger charge is 2.34. The fraction of sp³-hybridized carbons (Fsp3) is 0.220. The van der Waals surface area contributed by atoms with Crippen LogP contribution in [0, 0.1) is 27.7 Å². The van der Waals surface area contributed by atoms with Crippen LogP contribution in [-0.4, -0.2) is 58.2 Å². The third kappa shape index (κ3) is 6.48. The topological polar surface area (TPSA) is 160 Å². The predicted molar refractivity (Wildman–Crippen MR) is 226 cm³/mol. The standard InChI is InChI=1S/C26H22O6.C24H20O4/c1-13-14(2)22-10-16-8-18(32-12-24(29)30)4-6-20(16)26(22)25-19-5-3-17(31-11-23(27)28)7-15(19)9-21(13)25;1-12-13(2)21-10-15-8-17(28-11-22(26)27)4-6-19(15)24(21)23-18-5-3-16(25)7-14(18)9-20(12)23/h3-8H,9-12H2,1-2H3,(H,27,28)(H,29,30);3-8,25H,9-11H2,1-2H3,(H,26,27). The molecule has 0 fully saturated rings. The minimum atomic E-state index is -0.999. The molecule has 6 aromatic carbocycles. The Bertz CT molecular complexity index is 2770. The van der Waals surface area contributed by atoms with Crippen LogP contribution in [0.25, 0.3) is 44.5 Å². The summed E-state index contributed by atoms with van der Waals surface area (Å²) in [6.45, 7) is 7.63. The first-order chi connectivity index (χ1) is 28.8. The Balaban J connectivity index is 0.000000155. The molecule has 302 valence electrons. The van der Waals surface area contributed by atoms with Crippen LogP contribution in [-0.2, 0) is 40.1 Å². The first-order valence-electron chi connectivity index (χ1n) is 19.8. The smallest absolute Gasteiger partial charge is 0.341 e. The number of phenols is 1. The molecular formula is C50H42O10. The zero-order valence-corrected chi connectivity index (χ0v) is 33.6. The third-order valence-electron chi connectivity index (χ3n) is 12.6. The van der Waals surface area contributed by atoms with E-state index in [2.05, 4.69) is 27.7 Å². The van der Waals surface area contributed by atoms with Gasteiger partial charge in [-0.15, -0.1) is 0 Å². The summed E-state index contributed by atoms with van der Waals surface area (Å²) in [5.74, 6) is -0.963. The molecule has 0 aromatic heterocycles. The minimum absolute atomic E-state index is 0.304. The molecule has 0 unspecified atom stereocenters. The molecule has 0 radical (unpaired) electrons. The van der Waals surface area contributed by atoms with Crippen molar-refractivity contribution < 1.29 is 49.0 Å². The zero-order valence-electron chi connectivity index (χ0n) is 33.6. The molecule has 0 aliphatic heterocycles. The fourth-order valence-electron chi connectivity index (χ4n) is 9.65. The zero-order chi connectivity index (χ0) is 42.1. The van der Waals surface area contributed by atoms with Crippen molar-refractivity contribution in [3.8, 4) is 67.5 Å². The van der Waals surface area contributed by atoms with Gasteiger partial charge in [-0.25, -0.2) is 14.4 Å². The molecule has 10 rings (SSSR count). The molecule has 4 aliphatic carbocycles.